The van der Waals surface area contributed by atoms with Gasteiger partial charge in [-0.1, -0.05) is 17.7 Å². The minimum atomic E-state index is 0.280. The number of thioether (sulfide) groups is 1. The number of amides is 1. The maximum atomic E-state index is 11.2. The number of benzene rings is 1. The molecule has 1 aromatic carbocycles. The molecule has 0 aromatic heterocycles. The first-order valence-electron chi connectivity index (χ1n) is 5.23. The highest BCUT2D eigenvalue weighted by atomic mass is 32.2. The van der Waals surface area contributed by atoms with Crippen molar-refractivity contribution in [1.29, 1.82) is 0 Å². The lowest BCUT2D eigenvalue weighted by atomic mass is 10.2. The second-order valence-corrected chi connectivity index (χ2v) is 5.02. The van der Waals surface area contributed by atoms with Crippen molar-refractivity contribution in [1.82, 2.24) is 4.90 Å². The van der Waals surface area contributed by atoms with Crippen LogP contribution in [-0.2, 0) is 4.79 Å². The Kier molecular flexibility index (Phi) is 3.00. The highest BCUT2D eigenvalue weighted by Gasteiger charge is 2.35. The number of β-lactam (4-membered cyclic amide) rings is 1. The van der Waals surface area contributed by atoms with Crippen LogP contribution in [0.25, 0.3) is 0 Å². The summed E-state index contributed by atoms with van der Waals surface area (Å²) < 4.78 is 0. The summed E-state index contributed by atoms with van der Waals surface area (Å²) >= 11 is 1.78. The predicted molar refractivity (Wildman–Crippen MR) is 62.8 cm³/mol. The average molecular weight is 221 g/mol. The number of carbonyl (C=O) groups is 1. The molecule has 1 unspecified atom stereocenters. The van der Waals surface area contributed by atoms with E-state index in [1.807, 2.05) is 11.8 Å². The van der Waals surface area contributed by atoms with Crippen molar-refractivity contribution in [2.24, 2.45) is 0 Å². The van der Waals surface area contributed by atoms with E-state index >= 15 is 0 Å². The molecule has 15 heavy (non-hydrogen) atoms. The topological polar surface area (TPSA) is 20.3 Å². The quantitative estimate of drug-likeness (QED) is 0.731. The molecule has 1 aliphatic heterocycles. The maximum Gasteiger partial charge on any atom is 0.226 e. The van der Waals surface area contributed by atoms with E-state index in [2.05, 4.69) is 31.2 Å². The highest BCUT2D eigenvalue weighted by Crippen LogP contribution is 2.34. The molecule has 0 radical (unpaired) electrons. The molecule has 1 atom stereocenters. The molecule has 0 saturated carbocycles. The monoisotopic (exact) mass is 221 g/mol. The van der Waals surface area contributed by atoms with Crippen LogP contribution in [0.4, 0.5) is 0 Å². The number of rotatable bonds is 3. The van der Waals surface area contributed by atoms with E-state index in [0.717, 1.165) is 6.54 Å². The Morgan fingerprint density at radius 3 is 2.60 bits per heavy atom. The van der Waals surface area contributed by atoms with Crippen LogP contribution >= 0.6 is 11.8 Å². The third-order valence-corrected chi connectivity index (χ3v) is 3.89. The van der Waals surface area contributed by atoms with Gasteiger partial charge in [0.05, 0.1) is 11.8 Å². The highest BCUT2D eigenvalue weighted by molar-refractivity contribution is 8.00. The molecule has 1 saturated heterocycles. The van der Waals surface area contributed by atoms with Crippen LogP contribution in [-0.4, -0.2) is 22.7 Å². The minimum Gasteiger partial charge on any atom is -0.330 e. The molecule has 3 heteroatoms. The second-order valence-electron chi connectivity index (χ2n) is 3.77. The first kappa shape index (κ1) is 10.6. The predicted octanol–water partition coefficient (Wildman–Crippen LogP) is 2.67. The molecular formula is C12H15NOS. The molecule has 2 nitrogen and oxygen atoms in total. The molecule has 1 aliphatic rings. The smallest absolute Gasteiger partial charge is 0.226 e. The van der Waals surface area contributed by atoms with Gasteiger partial charge in [-0.3, -0.25) is 4.79 Å². The Hall–Kier alpha value is -0.960. The molecule has 1 aromatic rings. The van der Waals surface area contributed by atoms with E-state index in [1.165, 1.54) is 10.5 Å². The first-order chi connectivity index (χ1) is 7.20. The van der Waals surface area contributed by atoms with E-state index in [4.69, 9.17) is 0 Å². The van der Waals surface area contributed by atoms with Gasteiger partial charge in [-0.15, -0.1) is 11.8 Å². The van der Waals surface area contributed by atoms with Gasteiger partial charge in [0.15, 0.2) is 0 Å². The van der Waals surface area contributed by atoms with Gasteiger partial charge in [-0.05, 0) is 26.0 Å². The summed E-state index contributed by atoms with van der Waals surface area (Å²) in [5.41, 5.74) is 1.27. The fraction of sp³-hybridized carbons (Fsp3) is 0.417. The molecular weight excluding hydrogens is 206 g/mol. The lowest BCUT2D eigenvalue weighted by Gasteiger charge is -2.39. The molecule has 1 heterocycles. The minimum absolute atomic E-state index is 0.280. The third-order valence-electron chi connectivity index (χ3n) is 2.65. The first-order valence-corrected chi connectivity index (χ1v) is 6.11. The SMILES string of the molecule is CCN1C(=O)CC1Sc1ccc(C)cc1. The van der Waals surface area contributed by atoms with Crippen molar-refractivity contribution in [3.8, 4) is 0 Å². The van der Waals surface area contributed by atoms with Gasteiger partial charge >= 0.3 is 0 Å². The lowest BCUT2D eigenvalue weighted by molar-refractivity contribution is -0.141. The Balaban J connectivity index is 1.98. The van der Waals surface area contributed by atoms with E-state index in [9.17, 15) is 4.79 Å². The molecule has 0 N–H and O–H groups in total. The summed E-state index contributed by atoms with van der Waals surface area (Å²) in [4.78, 5) is 14.4. The standard InChI is InChI=1S/C12H15NOS/c1-3-13-11(14)8-12(13)15-10-6-4-9(2)5-7-10/h4-7,12H,3,8H2,1-2H3. The molecule has 2 rings (SSSR count). The zero-order valence-corrected chi connectivity index (χ0v) is 9.88. The summed E-state index contributed by atoms with van der Waals surface area (Å²) in [5, 5.41) is 0.352. The van der Waals surface area contributed by atoms with Crippen molar-refractivity contribution in [2.45, 2.75) is 30.5 Å². The van der Waals surface area contributed by atoms with Gasteiger partial charge < -0.3 is 4.90 Å². The van der Waals surface area contributed by atoms with Crippen LogP contribution in [0.15, 0.2) is 29.2 Å². The van der Waals surface area contributed by atoms with Gasteiger partial charge in [-0.2, -0.15) is 0 Å². The molecule has 0 spiro atoms. The number of nitrogens with zero attached hydrogens (tertiary/aromatic N) is 1. The molecule has 80 valence electrons. The van der Waals surface area contributed by atoms with E-state index in [-0.39, 0.29) is 5.91 Å². The number of hydrogen-bond donors (Lipinski definition) is 0. The van der Waals surface area contributed by atoms with Crippen LogP contribution in [0.3, 0.4) is 0 Å². The zero-order valence-electron chi connectivity index (χ0n) is 9.06. The van der Waals surface area contributed by atoms with E-state index < -0.39 is 0 Å². The Morgan fingerprint density at radius 1 is 1.40 bits per heavy atom. The van der Waals surface area contributed by atoms with Gasteiger partial charge in [0.1, 0.15) is 0 Å². The van der Waals surface area contributed by atoms with Crippen LogP contribution < -0.4 is 0 Å². The third kappa shape index (κ3) is 2.17. The molecule has 1 fully saturated rings. The van der Waals surface area contributed by atoms with Crippen LogP contribution in [0.1, 0.15) is 18.9 Å². The maximum absolute atomic E-state index is 11.2. The number of likely N-dealkylation sites (tertiary alicyclic amines) is 1. The van der Waals surface area contributed by atoms with Gasteiger partial charge in [0.25, 0.3) is 0 Å². The molecule has 0 bridgehead atoms. The summed E-state index contributed by atoms with van der Waals surface area (Å²) in [6, 6.07) is 8.46. The van der Waals surface area contributed by atoms with Crippen LogP contribution in [0.5, 0.6) is 0 Å². The number of hydrogen-bond acceptors (Lipinski definition) is 2. The van der Waals surface area contributed by atoms with Gasteiger partial charge in [0, 0.05) is 11.4 Å². The number of carbonyl (C=O) groups excluding carboxylic acids is 1. The second kappa shape index (κ2) is 4.27. The van der Waals surface area contributed by atoms with Gasteiger partial charge in [0.2, 0.25) is 5.91 Å². The van der Waals surface area contributed by atoms with Crippen molar-refractivity contribution >= 4 is 17.7 Å². The van der Waals surface area contributed by atoms with Crippen molar-refractivity contribution in [3.63, 3.8) is 0 Å². The van der Waals surface area contributed by atoms with E-state index in [1.54, 1.807) is 11.8 Å². The molecule has 1 amide bonds. The largest absolute Gasteiger partial charge is 0.330 e. The summed E-state index contributed by atoms with van der Waals surface area (Å²) in [6.07, 6.45) is 0.687. The summed E-state index contributed by atoms with van der Waals surface area (Å²) in [7, 11) is 0. The fourth-order valence-electron chi connectivity index (χ4n) is 1.68. The van der Waals surface area contributed by atoms with Crippen LogP contribution in [0.2, 0.25) is 0 Å². The Labute approximate surface area is 94.7 Å². The fourth-order valence-corrected chi connectivity index (χ4v) is 2.91. The van der Waals surface area contributed by atoms with Crippen LogP contribution in [0, 0.1) is 6.92 Å². The summed E-state index contributed by atoms with van der Waals surface area (Å²) in [5.74, 6) is 0.280. The Bertz CT molecular complexity index is 360. The Morgan fingerprint density at radius 2 is 2.07 bits per heavy atom. The van der Waals surface area contributed by atoms with Crippen molar-refractivity contribution in [3.05, 3.63) is 29.8 Å². The zero-order chi connectivity index (χ0) is 10.8. The normalized spacial score (nSPS) is 20.3. The van der Waals surface area contributed by atoms with E-state index in [0.29, 0.717) is 11.8 Å². The summed E-state index contributed by atoms with van der Waals surface area (Å²) in [6.45, 7) is 4.93. The van der Waals surface area contributed by atoms with Crippen molar-refractivity contribution < 1.29 is 4.79 Å². The molecule has 0 aliphatic carbocycles. The number of aryl methyl sites for hydroxylation is 1. The van der Waals surface area contributed by atoms with Crippen molar-refractivity contribution in [2.75, 3.05) is 6.54 Å². The average Bonchev–Trinajstić information content (AvgIpc) is 2.21. The van der Waals surface area contributed by atoms with Gasteiger partial charge in [-0.25, -0.2) is 0 Å². The lowest BCUT2D eigenvalue weighted by Crippen LogP contribution is -2.50.